The highest BCUT2D eigenvalue weighted by Crippen LogP contribution is 2.26. The van der Waals surface area contributed by atoms with E-state index in [2.05, 4.69) is 20.7 Å². The van der Waals surface area contributed by atoms with Crippen molar-refractivity contribution in [2.24, 2.45) is 0 Å². The third-order valence-electron chi connectivity index (χ3n) is 3.19. The highest BCUT2D eigenvalue weighted by Gasteiger charge is 2.24. The van der Waals surface area contributed by atoms with Crippen molar-refractivity contribution in [2.75, 3.05) is 0 Å². The summed E-state index contributed by atoms with van der Waals surface area (Å²) in [7, 11) is -1.23. The zero-order chi connectivity index (χ0) is 16.3. The maximum Gasteiger partial charge on any atom is 0.123 e. The third kappa shape index (κ3) is 4.48. The van der Waals surface area contributed by atoms with E-state index in [1.54, 1.807) is 12.1 Å². The van der Waals surface area contributed by atoms with Crippen LogP contribution in [0.3, 0.4) is 0 Å². The van der Waals surface area contributed by atoms with E-state index >= 15 is 0 Å². The highest BCUT2D eigenvalue weighted by molar-refractivity contribution is 9.10. The lowest BCUT2D eigenvalue weighted by Gasteiger charge is -2.25. The van der Waals surface area contributed by atoms with Crippen LogP contribution in [0.15, 0.2) is 53.0 Å². The molecule has 0 aliphatic rings. The van der Waals surface area contributed by atoms with E-state index in [0.29, 0.717) is 0 Å². The fourth-order valence-electron chi connectivity index (χ4n) is 1.92. The average Bonchev–Trinajstić information content (AvgIpc) is 2.46. The van der Waals surface area contributed by atoms with Crippen LogP contribution in [0.1, 0.15) is 37.9 Å². The van der Waals surface area contributed by atoms with E-state index in [9.17, 15) is 8.60 Å². The molecule has 2 aromatic carbocycles. The Balaban J connectivity index is 2.38. The molecule has 0 saturated carbocycles. The molecule has 0 bridgehead atoms. The van der Waals surface area contributed by atoms with Crippen LogP contribution in [0.2, 0.25) is 0 Å². The van der Waals surface area contributed by atoms with Crippen molar-refractivity contribution in [3.05, 3.63) is 69.9 Å². The molecule has 2 rings (SSSR count). The first-order chi connectivity index (χ1) is 10.3. The minimum atomic E-state index is -1.23. The molecular weight excluding hydrogens is 365 g/mol. The zero-order valence-electron chi connectivity index (χ0n) is 12.8. The summed E-state index contributed by atoms with van der Waals surface area (Å²) in [5.74, 6) is -0.282. The molecule has 22 heavy (non-hydrogen) atoms. The fourth-order valence-corrected chi connectivity index (χ4v) is 3.03. The van der Waals surface area contributed by atoms with Gasteiger partial charge in [0.1, 0.15) is 5.82 Å². The van der Waals surface area contributed by atoms with Gasteiger partial charge in [0.2, 0.25) is 0 Å². The Bertz CT molecular complexity index is 604. The Kier molecular flexibility index (Phi) is 5.53. The molecule has 1 unspecified atom stereocenters. The van der Waals surface area contributed by atoms with Gasteiger partial charge in [-0.2, -0.15) is 0 Å². The Morgan fingerprint density at radius 1 is 1.00 bits per heavy atom. The van der Waals surface area contributed by atoms with Crippen LogP contribution < -0.4 is 4.72 Å². The molecule has 0 spiro atoms. The van der Waals surface area contributed by atoms with Gasteiger partial charge in [-0.3, -0.25) is 0 Å². The molecule has 2 aromatic rings. The van der Waals surface area contributed by atoms with Gasteiger partial charge in [-0.15, -0.1) is 0 Å². The lowest BCUT2D eigenvalue weighted by Crippen LogP contribution is -2.36. The van der Waals surface area contributed by atoms with Gasteiger partial charge in [-0.1, -0.05) is 40.2 Å². The molecule has 2 nitrogen and oxygen atoms in total. The predicted octanol–water partition coefficient (Wildman–Crippen LogP) is 4.73. The van der Waals surface area contributed by atoms with E-state index < -0.39 is 11.0 Å². The average molecular weight is 384 g/mol. The molecule has 0 radical (unpaired) electrons. The number of halogens is 2. The molecule has 2 atom stereocenters. The molecular formula is C17H19BrFNOS. The lowest BCUT2D eigenvalue weighted by molar-refractivity contribution is 0.618. The van der Waals surface area contributed by atoms with Crippen LogP contribution in [-0.4, -0.2) is 8.96 Å². The van der Waals surface area contributed by atoms with E-state index in [1.807, 2.05) is 45.0 Å². The molecule has 5 heteroatoms. The zero-order valence-corrected chi connectivity index (χ0v) is 15.2. The van der Waals surface area contributed by atoms with Gasteiger partial charge in [0.15, 0.2) is 0 Å². The normalized spacial score (nSPS) is 14.6. The maximum atomic E-state index is 13.2. The standard InChI is InChI=1S/C17H19BrFNOS/c1-17(2,3)22(21)20-16(12-4-8-14(18)9-5-12)13-6-10-15(19)11-7-13/h4-11,16,20H,1-3H3/t16?,22-/m1/s1. The smallest absolute Gasteiger partial charge is 0.123 e. The molecule has 118 valence electrons. The molecule has 0 amide bonds. The molecule has 0 fully saturated rings. The molecule has 0 heterocycles. The van der Waals surface area contributed by atoms with Gasteiger partial charge >= 0.3 is 0 Å². The maximum absolute atomic E-state index is 13.2. The summed E-state index contributed by atoms with van der Waals surface area (Å²) < 4.78 is 29.4. The van der Waals surface area contributed by atoms with Gasteiger partial charge in [-0.05, 0) is 56.2 Å². The molecule has 0 aliphatic carbocycles. The van der Waals surface area contributed by atoms with Crippen LogP contribution in [0.25, 0.3) is 0 Å². The second-order valence-electron chi connectivity index (χ2n) is 6.04. The summed E-state index contributed by atoms with van der Waals surface area (Å²) in [4.78, 5) is 0. The Hall–Kier alpha value is -1.04. The fraction of sp³-hybridized carbons (Fsp3) is 0.294. The number of hydrogen-bond donors (Lipinski definition) is 1. The van der Waals surface area contributed by atoms with Crippen molar-refractivity contribution < 1.29 is 8.60 Å². The molecule has 0 aromatic heterocycles. The second kappa shape index (κ2) is 7.02. The number of nitrogens with one attached hydrogen (secondary N) is 1. The van der Waals surface area contributed by atoms with E-state index in [0.717, 1.165) is 15.6 Å². The SMILES string of the molecule is CC(C)(C)[S@@](=O)NC(c1ccc(F)cc1)c1ccc(Br)cc1. The third-order valence-corrected chi connectivity index (χ3v) is 5.28. The van der Waals surface area contributed by atoms with Crippen molar-refractivity contribution in [3.8, 4) is 0 Å². The van der Waals surface area contributed by atoms with Crippen LogP contribution in [0, 0.1) is 5.82 Å². The summed E-state index contributed by atoms with van der Waals surface area (Å²) >= 11 is 3.41. The van der Waals surface area contributed by atoms with Gasteiger partial charge in [0, 0.05) is 4.47 Å². The van der Waals surface area contributed by atoms with Gasteiger partial charge < -0.3 is 0 Å². The van der Waals surface area contributed by atoms with Crippen LogP contribution in [-0.2, 0) is 11.0 Å². The molecule has 0 aliphatic heterocycles. The summed E-state index contributed by atoms with van der Waals surface area (Å²) in [5.41, 5.74) is 1.86. The van der Waals surface area contributed by atoms with Crippen LogP contribution in [0.5, 0.6) is 0 Å². The Morgan fingerprint density at radius 3 is 1.91 bits per heavy atom. The van der Waals surface area contributed by atoms with Crippen LogP contribution in [0.4, 0.5) is 4.39 Å². The topological polar surface area (TPSA) is 29.1 Å². The first-order valence-corrected chi connectivity index (χ1v) is 8.90. The minimum Gasteiger partial charge on any atom is -0.242 e. The van der Waals surface area contributed by atoms with E-state index in [4.69, 9.17) is 0 Å². The van der Waals surface area contributed by atoms with Crippen molar-refractivity contribution in [1.29, 1.82) is 0 Å². The van der Waals surface area contributed by atoms with Gasteiger partial charge in [0.05, 0.1) is 21.8 Å². The van der Waals surface area contributed by atoms with Crippen molar-refractivity contribution >= 4 is 26.9 Å². The van der Waals surface area contributed by atoms with Gasteiger partial charge in [0.25, 0.3) is 0 Å². The number of benzene rings is 2. The largest absolute Gasteiger partial charge is 0.242 e. The van der Waals surface area contributed by atoms with Gasteiger partial charge in [-0.25, -0.2) is 13.3 Å². The first-order valence-electron chi connectivity index (χ1n) is 6.96. The Labute approximate surface area is 141 Å². The summed E-state index contributed by atoms with van der Waals surface area (Å²) in [5, 5.41) is 0. The first kappa shape index (κ1) is 17.3. The summed E-state index contributed by atoms with van der Waals surface area (Å²) in [6, 6.07) is 13.8. The van der Waals surface area contributed by atoms with Crippen molar-refractivity contribution in [1.82, 2.24) is 4.72 Å². The molecule has 0 saturated heterocycles. The number of rotatable bonds is 4. The van der Waals surface area contributed by atoms with Crippen molar-refractivity contribution in [2.45, 2.75) is 31.6 Å². The monoisotopic (exact) mass is 383 g/mol. The van der Waals surface area contributed by atoms with E-state index in [1.165, 1.54) is 12.1 Å². The minimum absolute atomic E-state index is 0.256. The molecule has 1 N–H and O–H groups in total. The summed E-state index contributed by atoms with van der Waals surface area (Å²) in [6.45, 7) is 5.75. The van der Waals surface area contributed by atoms with E-state index in [-0.39, 0.29) is 16.6 Å². The second-order valence-corrected chi connectivity index (χ2v) is 8.95. The lowest BCUT2D eigenvalue weighted by atomic mass is 10.00. The Morgan fingerprint density at radius 2 is 1.45 bits per heavy atom. The van der Waals surface area contributed by atoms with Crippen molar-refractivity contribution in [3.63, 3.8) is 0 Å². The number of hydrogen-bond acceptors (Lipinski definition) is 1. The summed E-state index contributed by atoms with van der Waals surface area (Å²) in [6.07, 6.45) is 0. The highest BCUT2D eigenvalue weighted by atomic mass is 79.9. The quantitative estimate of drug-likeness (QED) is 0.812. The predicted molar refractivity (Wildman–Crippen MR) is 93.4 cm³/mol. The van der Waals surface area contributed by atoms with Crippen LogP contribution >= 0.6 is 15.9 Å².